The fraction of sp³-hybridized carbons (Fsp3) is 0.455. The van der Waals surface area contributed by atoms with Crippen molar-refractivity contribution in [3.8, 4) is 6.07 Å². The van der Waals surface area contributed by atoms with Gasteiger partial charge >= 0.3 is 0 Å². The molecule has 1 N–H and O–H groups in total. The molecule has 0 unspecified atom stereocenters. The minimum absolute atomic E-state index is 0.496. The number of nitrogens with one attached hydrogen (secondary N) is 1. The molecule has 0 aliphatic carbocycles. The zero-order valence-corrected chi connectivity index (χ0v) is 8.77. The highest BCUT2D eigenvalue weighted by molar-refractivity contribution is 5.42. The van der Waals surface area contributed by atoms with Gasteiger partial charge in [0.05, 0.1) is 5.56 Å². The van der Waals surface area contributed by atoms with Gasteiger partial charge in [-0.1, -0.05) is 0 Å². The summed E-state index contributed by atoms with van der Waals surface area (Å²) in [5, 5.41) is 12.0. The normalized spacial score (nSPS) is 21.1. The number of nitriles is 1. The van der Waals surface area contributed by atoms with Crippen molar-refractivity contribution in [2.24, 2.45) is 0 Å². The zero-order valence-electron chi connectivity index (χ0n) is 8.77. The first-order valence-electron chi connectivity index (χ1n) is 5.14. The van der Waals surface area contributed by atoms with E-state index in [1.165, 1.54) is 0 Å². The number of aromatic nitrogens is 1. The molecule has 2 rings (SSSR count). The van der Waals surface area contributed by atoms with E-state index < -0.39 is 0 Å². The van der Waals surface area contributed by atoms with Gasteiger partial charge in [0.25, 0.3) is 0 Å². The lowest BCUT2D eigenvalue weighted by Gasteiger charge is -2.32. The highest BCUT2D eigenvalue weighted by atomic mass is 15.2. The first-order valence-corrected chi connectivity index (χ1v) is 5.14. The van der Waals surface area contributed by atoms with Crippen molar-refractivity contribution < 1.29 is 0 Å². The third kappa shape index (κ3) is 2.25. The van der Waals surface area contributed by atoms with Crippen LogP contribution in [-0.2, 0) is 0 Å². The second kappa shape index (κ2) is 4.28. The lowest BCUT2D eigenvalue weighted by Crippen LogP contribution is -2.49. The van der Waals surface area contributed by atoms with Crippen molar-refractivity contribution in [3.63, 3.8) is 0 Å². The van der Waals surface area contributed by atoms with E-state index in [4.69, 9.17) is 5.26 Å². The van der Waals surface area contributed by atoms with Crippen LogP contribution in [-0.4, -0.2) is 30.7 Å². The molecule has 78 valence electrons. The maximum atomic E-state index is 8.67. The van der Waals surface area contributed by atoms with E-state index >= 15 is 0 Å². The van der Waals surface area contributed by atoms with E-state index in [0.29, 0.717) is 11.6 Å². The van der Waals surface area contributed by atoms with Gasteiger partial charge in [-0.2, -0.15) is 5.26 Å². The minimum Gasteiger partial charge on any atom is -0.354 e. The zero-order chi connectivity index (χ0) is 10.7. The standard InChI is InChI=1S/C11H14N4/c1-9-8-15(5-4-13-9)11-3-2-10(6-12)7-14-11/h2-3,7,9,13H,4-5,8H2,1H3/t9-/m1/s1. The van der Waals surface area contributed by atoms with Crippen LogP contribution >= 0.6 is 0 Å². The molecule has 0 bridgehead atoms. The summed E-state index contributed by atoms with van der Waals surface area (Å²) in [6.07, 6.45) is 1.63. The molecule has 1 aliphatic rings. The molecule has 0 aromatic carbocycles. The Hall–Kier alpha value is -1.60. The Bertz CT molecular complexity index is 365. The fourth-order valence-corrected chi connectivity index (χ4v) is 1.78. The van der Waals surface area contributed by atoms with Gasteiger partial charge in [-0.25, -0.2) is 4.98 Å². The van der Waals surface area contributed by atoms with Crippen LogP contribution in [0.3, 0.4) is 0 Å². The average molecular weight is 202 g/mol. The van der Waals surface area contributed by atoms with Crippen LogP contribution in [0.15, 0.2) is 18.3 Å². The molecule has 2 heterocycles. The summed E-state index contributed by atoms with van der Waals surface area (Å²) in [4.78, 5) is 6.52. The third-order valence-corrected chi connectivity index (χ3v) is 2.57. The van der Waals surface area contributed by atoms with E-state index in [1.54, 1.807) is 6.20 Å². The molecule has 1 fully saturated rings. The summed E-state index contributed by atoms with van der Waals surface area (Å²) in [5.41, 5.74) is 0.613. The maximum absolute atomic E-state index is 8.67. The number of nitrogens with zero attached hydrogens (tertiary/aromatic N) is 3. The number of pyridine rings is 1. The lowest BCUT2D eigenvalue weighted by atomic mass is 10.2. The summed E-state index contributed by atoms with van der Waals surface area (Å²) in [5.74, 6) is 0.961. The number of hydrogen-bond donors (Lipinski definition) is 1. The minimum atomic E-state index is 0.496. The number of hydrogen-bond acceptors (Lipinski definition) is 4. The molecular weight excluding hydrogens is 188 g/mol. The van der Waals surface area contributed by atoms with E-state index in [-0.39, 0.29) is 0 Å². The highest BCUT2D eigenvalue weighted by Gasteiger charge is 2.16. The SMILES string of the molecule is C[C@@H]1CN(c2ccc(C#N)cn2)CCN1. The van der Waals surface area contributed by atoms with Crippen LogP contribution in [0, 0.1) is 11.3 Å². The van der Waals surface area contributed by atoms with E-state index in [2.05, 4.69) is 28.2 Å². The van der Waals surface area contributed by atoms with Gasteiger partial charge in [0.15, 0.2) is 0 Å². The molecule has 4 nitrogen and oxygen atoms in total. The molecule has 1 saturated heterocycles. The van der Waals surface area contributed by atoms with Crippen molar-refractivity contribution in [2.45, 2.75) is 13.0 Å². The molecule has 0 amide bonds. The van der Waals surface area contributed by atoms with Crippen LogP contribution in [0.5, 0.6) is 0 Å². The van der Waals surface area contributed by atoms with Gasteiger partial charge in [0.1, 0.15) is 11.9 Å². The van der Waals surface area contributed by atoms with Crippen LogP contribution in [0.4, 0.5) is 5.82 Å². The predicted molar refractivity (Wildman–Crippen MR) is 58.6 cm³/mol. The molecule has 0 spiro atoms. The van der Waals surface area contributed by atoms with Gasteiger partial charge < -0.3 is 10.2 Å². The molecule has 0 saturated carbocycles. The quantitative estimate of drug-likeness (QED) is 0.730. The van der Waals surface area contributed by atoms with Crippen molar-refractivity contribution >= 4 is 5.82 Å². The Morgan fingerprint density at radius 3 is 3.07 bits per heavy atom. The van der Waals surface area contributed by atoms with Gasteiger partial charge in [-0.05, 0) is 19.1 Å². The highest BCUT2D eigenvalue weighted by Crippen LogP contribution is 2.12. The Kier molecular flexibility index (Phi) is 2.84. The monoisotopic (exact) mass is 202 g/mol. The summed E-state index contributed by atoms with van der Waals surface area (Å²) in [7, 11) is 0. The first kappa shape index (κ1) is 9.94. The number of anilines is 1. The Morgan fingerprint density at radius 2 is 2.47 bits per heavy atom. The molecule has 4 heteroatoms. The van der Waals surface area contributed by atoms with Crippen LogP contribution in [0.1, 0.15) is 12.5 Å². The summed E-state index contributed by atoms with van der Waals surface area (Å²) < 4.78 is 0. The van der Waals surface area contributed by atoms with Crippen molar-refractivity contribution in [2.75, 3.05) is 24.5 Å². The summed E-state index contributed by atoms with van der Waals surface area (Å²) >= 11 is 0. The molecule has 1 aromatic rings. The fourth-order valence-electron chi connectivity index (χ4n) is 1.78. The Labute approximate surface area is 89.5 Å². The van der Waals surface area contributed by atoms with Crippen molar-refractivity contribution in [1.29, 1.82) is 5.26 Å². The van der Waals surface area contributed by atoms with Crippen LogP contribution < -0.4 is 10.2 Å². The predicted octanol–water partition coefficient (Wildman–Crippen LogP) is 0.751. The van der Waals surface area contributed by atoms with Gasteiger partial charge in [-0.15, -0.1) is 0 Å². The molecule has 1 aliphatic heterocycles. The van der Waals surface area contributed by atoms with E-state index in [9.17, 15) is 0 Å². The molecule has 15 heavy (non-hydrogen) atoms. The first-order chi connectivity index (χ1) is 7.29. The van der Waals surface area contributed by atoms with E-state index in [1.807, 2.05) is 12.1 Å². The third-order valence-electron chi connectivity index (χ3n) is 2.57. The second-order valence-electron chi connectivity index (χ2n) is 3.82. The smallest absolute Gasteiger partial charge is 0.128 e. The lowest BCUT2D eigenvalue weighted by molar-refractivity contribution is 0.482. The van der Waals surface area contributed by atoms with Crippen molar-refractivity contribution in [1.82, 2.24) is 10.3 Å². The summed E-state index contributed by atoms with van der Waals surface area (Å²) in [6.45, 7) is 5.10. The van der Waals surface area contributed by atoms with Crippen molar-refractivity contribution in [3.05, 3.63) is 23.9 Å². The Morgan fingerprint density at radius 1 is 1.60 bits per heavy atom. The molecular formula is C11H14N4. The second-order valence-corrected chi connectivity index (χ2v) is 3.82. The number of rotatable bonds is 1. The van der Waals surface area contributed by atoms with Crippen LogP contribution in [0.2, 0.25) is 0 Å². The van der Waals surface area contributed by atoms with Gasteiger partial charge in [-0.3, -0.25) is 0 Å². The maximum Gasteiger partial charge on any atom is 0.128 e. The molecule has 0 radical (unpaired) electrons. The van der Waals surface area contributed by atoms with Crippen LogP contribution in [0.25, 0.3) is 0 Å². The number of piperazine rings is 1. The molecule has 1 atom stereocenters. The van der Waals surface area contributed by atoms with E-state index in [0.717, 1.165) is 25.5 Å². The topological polar surface area (TPSA) is 52.0 Å². The average Bonchev–Trinajstić information content (AvgIpc) is 2.29. The Balaban J connectivity index is 2.12. The molecule has 1 aromatic heterocycles. The van der Waals surface area contributed by atoms with Gasteiger partial charge in [0.2, 0.25) is 0 Å². The largest absolute Gasteiger partial charge is 0.354 e. The summed E-state index contributed by atoms with van der Waals surface area (Å²) in [6, 6.07) is 6.30. The van der Waals surface area contributed by atoms with Gasteiger partial charge in [0, 0.05) is 31.9 Å².